The molecule has 6 aromatic carbocycles. The van der Waals surface area contributed by atoms with Gasteiger partial charge in [0, 0.05) is 11.1 Å². The molecule has 0 fully saturated rings. The van der Waals surface area contributed by atoms with Gasteiger partial charge in [-0.3, -0.25) is 0 Å². The van der Waals surface area contributed by atoms with E-state index in [0.29, 0.717) is 13.2 Å². The number of allylic oxidation sites excluding steroid dienone is 2. The van der Waals surface area contributed by atoms with E-state index in [4.69, 9.17) is 28.4 Å². The third-order valence-corrected chi connectivity index (χ3v) is 12.6. The molecule has 0 atom stereocenters. The molecule has 390 valence electrons. The Bertz CT molecular complexity index is 2700. The summed E-state index contributed by atoms with van der Waals surface area (Å²) in [4.78, 5) is 0. The molecule has 0 aliphatic carbocycles. The maximum atomic E-state index is 6.07. The zero-order valence-electron chi connectivity index (χ0n) is 46.8. The van der Waals surface area contributed by atoms with Crippen LogP contribution >= 0.6 is 0 Å². The first-order chi connectivity index (χ1) is 35.4. The van der Waals surface area contributed by atoms with Crippen LogP contribution in [0.5, 0.6) is 34.5 Å². The summed E-state index contributed by atoms with van der Waals surface area (Å²) >= 11 is 0. The van der Waals surface area contributed by atoms with Crippen LogP contribution in [0.25, 0.3) is 51.6 Å². The van der Waals surface area contributed by atoms with Gasteiger partial charge in [-0.2, -0.15) is 0 Å². The Balaban J connectivity index is 0.000000242. The second kappa shape index (κ2) is 31.7. The predicted molar refractivity (Wildman–Crippen MR) is 314 cm³/mol. The van der Waals surface area contributed by atoms with Crippen molar-refractivity contribution in [2.45, 2.75) is 128 Å². The van der Waals surface area contributed by atoms with Crippen molar-refractivity contribution in [2.75, 3.05) is 40.6 Å². The Kier molecular flexibility index (Phi) is 25.6. The number of aryl methyl sites for hydroxylation is 5. The quantitative estimate of drug-likeness (QED) is 0.0563. The summed E-state index contributed by atoms with van der Waals surface area (Å²) in [6.45, 7) is 30.1. The molecule has 6 rings (SSSR count). The molecule has 0 aromatic heterocycles. The number of methoxy groups -OCH3 is 2. The third kappa shape index (κ3) is 17.8. The highest BCUT2D eigenvalue weighted by molar-refractivity contribution is 5.77. The Hall–Kier alpha value is -6.66. The molecule has 0 heterocycles. The van der Waals surface area contributed by atoms with E-state index in [1.165, 1.54) is 61.2 Å². The van der Waals surface area contributed by atoms with Crippen LogP contribution in [-0.4, -0.2) is 40.6 Å². The van der Waals surface area contributed by atoms with Gasteiger partial charge in [-0.25, -0.2) is 0 Å². The smallest absolute Gasteiger partial charge is 0.161 e. The molecule has 0 saturated heterocycles. The monoisotopic (exact) mass is 987 g/mol. The van der Waals surface area contributed by atoms with Crippen LogP contribution in [-0.2, 0) is 0 Å². The minimum Gasteiger partial charge on any atom is -0.496 e. The number of ether oxygens (including phenoxy) is 6. The maximum Gasteiger partial charge on any atom is 0.161 e. The van der Waals surface area contributed by atoms with Crippen molar-refractivity contribution in [3.05, 3.63) is 160 Å². The maximum absolute atomic E-state index is 6.07. The Morgan fingerprint density at radius 3 is 1.30 bits per heavy atom. The molecule has 0 radical (unpaired) electrons. The van der Waals surface area contributed by atoms with Crippen molar-refractivity contribution in [1.82, 2.24) is 0 Å². The number of hydrogen-bond acceptors (Lipinski definition) is 6. The van der Waals surface area contributed by atoms with Crippen molar-refractivity contribution < 1.29 is 28.4 Å². The van der Waals surface area contributed by atoms with Crippen LogP contribution in [0.4, 0.5) is 0 Å². The fourth-order valence-corrected chi connectivity index (χ4v) is 8.21. The molecule has 6 aromatic rings. The molecule has 6 heteroatoms. The fraction of sp³-hybridized carbons (Fsp3) is 0.373. The molecule has 0 bridgehead atoms. The van der Waals surface area contributed by atoms with E-state index >= 15 is 0 Å². The molecule has 73 heavy (non-hydrogen) atoms. The molecule has 0 saturated carbocycles. The molecule has 0 amide bonds. The van der Waals surface area contributed by atoms with Crippen molar-refractivity contribution in [3.8, 4) is 67.9 Å². The van der Waals surface area contributed by atoms with E-state index in [1.807, 2.05) is 38.1 Å². The number of rotatable bonds is 24. The third-order valence-electron chi connectivity index (χ3n) is 12.6. The zero-order chi connectivity index (χ0) is 53.1. The highest BCUT2D eigenvalue weighted by atomic mass is 16.5. The molecule has 0 aliphatic heterocycles. The van der Waals surface area contributed by atoms with Crippen LogP contribution in [0, 0.1) is 34.6 Å². The first kappa shape index (κ1) is 58.9. The minimum absolute atomic E-state index is 0.704. The number of unbranched alkanes of at least 4 members (excludes halogenated alkanes) is 4. The largest absolute Gasteiger partial charge is 0.496 e. The van der Waals surface area contributed by atoms with E-state index in [2.05, 4.69) is 172 Å². The summed E-state index contributed by atoms with van der Waals surface area (Å²) in [7, 11) is 3.41. The van der Waals surface area contributed by atoms with Gasteiger partial charge in [-0.15, -0.1) is 0 Å². The van der Waals surface area contributed by atoms with Gasteiger partial charge < -0.3 is 28.4 Å². The summed E-state index contributed by atoms with van der Waals surface area (Å²) in [6.07, 6.45) is 18.8. The van der Waals surface area contributed by atoms with Crippen LogP contribution in [0.3, 0.4) is 0 Å². The molecule has 0 aliphatic rings. The van der Waals surface area contributed by atoms with Gasteiger partial charge in [0.15, 0.2) is 23.0 Å². The van der Waals surface area contributed by atoms with Gasteiger partial charge in [0.1, 0.15) is 11.5 Å². The van der Waals surface area contributed by atoms with Crippen LogP contribution < -0.4 is 28.4 Å². The van der Waals surface area contributed by atoms with Gasteiger partial charge in [-0.05, 0) is 190 Å². The molecule has 6 nitrogen and oxygen atoms in total. The fourth-order valence-electron chi connectivity index (χ4n) is 8.21. The average molecular weight is 987 g/mol. The van der Waals surface area contributed by atoms with Gasteiger partial charge in [0.2, 0.25) is 0 Å². The zero-order valence-corrected chi connectivity index (χ0v) is 46.8. The summed E-state index contributed by atoms with van der Waals surface area (Å²) in [6, 6.07) is 34.2. The van der Waals surface area contributed by atoms with Crippen molar-refractivity contribution in [2.24, 2.45) is 0 Å². The first-order valence-corrected chi connectivity index (χ1v) is 26.6. The Labute approximate surface area is 441 Å². The lowest BCUT2D eigenvalue weighted by atomic mass is 9.93. The summed E-state index contributed by atoms with van der Waals surface area (Å²) in [5, 5.41) is 0. The van der Waals surface area contributed by atoms with Crippen LogP contribution in [0.1, 0.15) is 137 Å². The van der Waals surface area contributed by atoms with E-state index in [1.54, 1.807) is 14.2 Å². The summed E-state index contributed by atoms with van der Waals surface area (Å²) in [5.41, 5.74) is 16.8. The predicted octanol–water partition coefficient (Wildman–Crippen LogP) is 19.0. The standard InChI is InChI=1S/C25H34O3.C24H32O2.C18H20O/c1-6-9-14-27-23-13-12-20(18-25(23)28-15-10-7-2)22-17-21(11-8-3)24(26-5)16-19(22)4;1-5-8-15-25-23-14-13-21(18-24(23)26-16-9-6-2)22-17-20(10-7-3)12-11-19(22)4;1-6-15-11-17(14(4)10-18(15)19-5)16-9-12(2)7-8-13(16)3/h8,11-13,16-18H,6-7,9-10,14-15H2,1-5H3;7,10-14,17-18H,5-6,8-9,15-16H2,1-4H3;6-11H,1H2,2-5H3/b11-8+;10-7+;. The summed E-state index contributed by atoms with van der Waals surface area (Å²) < 4.78 is 35.0. The lowest BCUT2D eigenvalue weighted by Crippen LogP contribution is -2.02. The summed E-state index contributed by atoms with van der Waals surface area (Å²) in [5.74, 6) is 5.11. The van der Waals surface area contributed by atoms with Crippen LogP contribution in [0.15, 0.2) is 116 Å². The van der Waals surface area contributed by atoms with Gasteiger partial charge in [0.25, 0.3) is 0 Å². The molecule has 0 N–H and O–H groups in total. The van der Waals surface area contributed by atoms with E-state index in [9.17, 15) is 0 Å². The van der Waals surface area contributed by atoms with Crippen molar-refractivity contribution in [1.29, 1.82) is 0 Å². The Morgan fingerprint density at radius 1 is 0.397 bits per heavy atom. The lowest BCUT2D eigenvalue weighted by Gasteiger charge is -2.16. The van der Waals surface area contributed by atoms with E-state index < -0.39 is 0 Å². The van der Waals surface area contributed by atoms with Gasteiger partial charge in [-0.1, -0.05) is 138 Å². The van der Waals surface area contributed by atoms with Gasteiger partial charge >= 0.3 is 0 Å². The molecule has 0 spiro atoms. The van der Waals surface area contributed by atoms with Gasteiger partial charge in [0.05, 0.1) is 40.6 Å². The average Bonchev–Trinajstić information content (AvgIpc) is 3.39. The lowest BCUT2D eigenvalue weighted by molar-refractivity contribution is 0.262. The normalized spacial score (nSPS) is 10.9. The van der Waals surface area contributed by atoms with Crippen LogP contribution in [0.2, 0.25) is 0 Å². The first-order valence-electron chi connectivity index (χ1n) is 26.6. The SMILES string of the molecule is C/C=C/c1cc(-c2ccc(OCCCC)c(OCCCC)c2)c(C)cc1OC.C/C=C/c1ccc(C)c(-c2ccc(OCCCC)c(OCCCC)c2)c1.C=Cc1cc(-c2cc(C)ccc2C)c(C)cc1OC. The molecule has 0 unspecified atom stereocenters. The number of benzene rings is 6. The Morgan fingerprint density at radius 2 is 0.822 bits per heavy atom. The minimum atomic E-state index is 0.704. The van der Waals surface area contributed by atoms with E-state index in [-0.39, 0.29) is 0 Å². The highest BCUT2D eigenvalue weighted by Gasteiger charge is 2.15. The van der Waals surface area contributed by atoms with Crippen molar-refractivity contribution >= 4 is 18.2 Å². The molecular formula is C67H86O6. The van der Waals surface area contributed by atoms with E-state index in [0.717, 1.165) is 116 Å². The second-order valence-electron chi connectivity index (χ2n) is 18.5. The topological polar surface area (TPSA) is 55.4 Å². The molecular weight excluding hydrogens is 901 g/mol. The second-order valence-corrected chi connectivity index (χ2v) is 18.5. The highest BCUT2D eigenvalue weighted by Crippen LogP contribution is 2.38. The van der Waals surface area contributed by atoms with Crippen molar-refractivity contribution in [3.63, 3.8) is 0 Å². The number of hydrogen-bond donors (Lipinski definition) is 0.